The Kier molecular flexibility index (Phi) is 4.15. The summed E-state index contributed by atoms with van der Waals surface area (Å²) in [4.78, 5) is 14.0. The Bertz CT molecular complexity index is 358. The number of carbonyl (C=O) groups is 1. The summed E-state index contributed by atoms with van der Waals surface area (Å²) in [6, 6.07) is 10.8. The molecule has 0 saturated carbocycles. The number of piperidine rings is 1. The number of carbonyl (C=O) groups excluding carboxylic acids is 1. The minimum absolute atomic E-state index is 0.203. The largest absolute Gasteiger partial charge is 0.341 e. The number of hydrogen-bond acceptors (Lipinski definition) is 2. The molecule has 2 rings (SSSR count). The van der Waals surface area contributed by atoms with Crippen LogP contribution in [0.4, 0.5) is 0 Å². The van der Waals surface area contributed by atoms with Gasteiger partial charge in [0, 0.05) is 19.5 Å². The van der Waals surface area contributed by atoms with Gasteiger partial charge < -0.3 is 10.2 Å². The first-order valence-corrected chi connectivity index (χ1v) is 6.18. The van der Waals surface area contributed by atoms with Crippen molar-refractivity contribution in [3.8, 4) is 0 Å². The van der Waals surface area contributed by atoms with Gasteiger partial charge in [-0.25, -0.2) is 0 Å². The summed E-state index contributed by atoms with van der Waals surface area (Å²) in [6.45, 7) is 2.60. The molecular formula is C14H19N2O. The van der Waals surface area contributed by atoms with Gasteiger partial charge in [0.2, 0.25) is 5.91 Å². The topological polar surface area (TPSA) is 32.3 Å². The van der Waals surface area contributed by atoms with E-state index in [4.69, 9.17) is 0 Å². The highest BCUT2D eigenvalue weighted by Crippen LogP contribution is 2.15. The molecule has 1 amide bonds. The summed E-state index contributed by atoms with van der Waals surface area (Å²) in [7, 11) is 1.89. The van der Waals surface area contributed by atoms with E-state index in [0.717, 1.165) is 31.5 Å². The van der Waals surface area contributed by atoms with Crippen molar-refractivity contribution in [1.82, 2.24) is 10.2 Å². The lowest BCUT2D eigenvalue weighted by atomic mass is 9.96. The molecular weight excluding hydrogens is 212 g/mol. The Labute approximate surface area is 103 Å². The van der Waals surface area contributed by atoms with Crippen molar-refractivity contribution in [3.63, 3.8) is 0 Å². The van der Waals surface area contributed by atoms with Crippen LogP contribution in [-0.4, -0.2) is 30.9 Å². The minimum atomic E-state index is 0.203. The maximum Gasteiger partial charge on any atom is 0.225 e. The van der Waals surface area contributed by atoms with Crippen molar-refractivity contribution >= 4 is 5.91 Å². The van der Waals surface area contributed by atoms with Gasteiger partial charge in [-0.3, -0.25) is 4.79 Å². The van der Waals surface area contributed by atoms with E-state index in [1.165, 1.54) is 0 Å². The minimum Gasteiger partial charge on any atom is -0.341 e. The lowest BCUT2D eigenvalue weighted by Crippen LogP contribution is -2.38. The molecule has 0 spiro atoms. The normalized spacial score (nSPS) is 16.8. The molecule has 17 heavy (non-hydrogen) atoms. The third-order valence-corrected chi connectivity index (χ3v) is 3.26. The van der Waals surface area contributed by atoms with Crippen molar-refractivity contribution in [2.24, 2.45) is 5.92 Å². The number of hydrogen-bond donors (Lipinski definition) is 1. The number of amides is 1. The molecule has 1 fully saturated rings. The Morgan fingerprint density at radius 1 is 1.53 bits per heavy atom. The van der Waals surface area contributed by atoms with Crippen LogP contribution in [0.1, 0.15) is 18.4 Å². The highest BCUT2D eigenvalue weighted by Gasteiger charge is 2.23. The molecule has 1 saturated heterocycles. The Morgan fingerprint density at radius 3 is 2.94 bits per heavy atom. The predicted molar refractivity (Wildman–Crippen MR) is 67.3 cm³/mol. The molecule has 3 heteroatoms. The van der Waals surface area contributed by atoms with Gasteiger partial charge in [0.1, 0.15) is 0 Å². The van der Waals surface area contributed by atoms with Gasteiger partial charge in [-0.2, -0.15) is 0 Å². The van der Waals surface area contributed by atoms with Crippen molar-refractivity contribution in [3.05, 3.63) is 35.9 Å². The Balaban J connectivity index is 1.90. The first kappa shape index (κ1) is 12.1. The molecule has 1 aromatic carbocycles. The third kappa shape index (κ3) is 3.30. The van der Waals surface area contributed by atoms with Crippen molar-refractivity contribution < 1.29 is 4.79 Å². The fourth-order valence-corrected chi connectivity index (χ4v) is 2.26. The van der Waals surface area contributed by atoms with Crippen LogP contribution in [0.2, 0.25) is 0 Å². The van der Waals surface area contributed by atoms with Crippen LogP contribution in [0.25, 0.3) is 0 Å². The number of nitrogens with zero attached hydrogens (tertiary/aromatic N) is 1. The van der Waals surface area contributed by atoms with Crippen molar-refractivity contribution in [1.29, 1.82) is 0 Å². The van der Waals surface area contributed by atoms with E-state index in [2.05, 4.69) is 11.4 Å². The lowest BCUT2D eigenvalue weighted by molar-refractivity contribution is -0.135. The van der Waals surface area contributed by atoms with E-state index in [-0.39, 0.29) is 11.8 Å². The molecule has 1 radical (unpaired) electrons. The van der Waals surface area contributed by atoms with E-state index in [1.54, 1.807) is 0 Å². The molecule has 0 unspecified atom stereocenters. The average Bonchev–Trinajstić information content (AvgIpc) is 2.40. The highest BCUT2D eigenvalue weighted by molar-refractivity contribution is 5.78. The number of benzene rings is 1. The smallest absolute Gasteiger partial charge is 0.225 e. The number of nitrogens with one attached hydrogen (secondary N) is 1. The van der Waals surface area contributed by atoms with Crippen LogP contribution >= 0.6 is 0 Å². The van der Waals surface area contributed by atoms with Crippen molar-refractivity contribution in [2.75, 3.05) is 20.1 Å². The van der Waals surface area contributed by atoms with Gasteiger partial charge in [0.15, 0.2) is 0 Å². The first-order valence-electron chi connectivity index (χ1n) is 6.18. The fraction of sp³-hybridized carbons (Fsp3) is 0.500. The van der Waals surface area contributed by atoms with E-state index in [0.29, 0.717) is 6.54 Å². The van der Waals surface area contributed by atoms with Crippen LogP contribution in [0.15, 0.2) is 24.3 Å². The average molecular weight is 231 g/mol. The summed E-state index contributed by atoms with van der Waals surface area (Å²) < 4.78 is 0. The molecule has 1 aromatic rings. The van der Waals surface area contributed by atoms with Gasteiger partial charge in [-0.15, -0.1) is 0 Å². The summed E-state index contributed by atoms with van der Waals surface area (Å²) in [5.74, 6) is 0.476. The summed E-state index contributed by atoms with van der Waals surface area (Å²) >= 11 is 0. The van der Waals surface area contributed by atoms with E-state index in [9.17, 15) is 4.79 Å². The zero-order valence-corrected chi connectivity index (χ0v) is 10.3. The monoisotopic (exact) mass is 231 g/mol. The zero-order valence-electron chi connectivity index (χ0n) is 10.3. The molecule has 0 bridgehead atoms. The van der Waals surface area contributed by atoms with Gasteiger partial charge in [0.25, 0.3) is 0 Å². The molecule has 0 atom stereocenters. The molecule has 1 aliphatic heterocycles. The quantitative estimate of drug-likeness (QED) is 0.854. The summed E-state index contributed by atoms with van der Waals surface area (Å²) in [5.41, 5.74) is 1.14. The van der Waals surface area contributed by atoms with Crippen LogP contribution in [0, 0.1) is 12.0 Å². The fourth-order valence-electron chi connectivity index (χ4n) is 2.26. The summed E-state index contributed by atoms with van der Waals surface area (Å²) in [6.07, 6.45) is 1.92. The van der Waals surface area contributed by atoms with Crippen LogP contribution < -0.4 is 5.32 Å². The maximum absolute atomic E-state index is 12.2. The third-order valence-electron chi connectivity index (χ3n) is 3.26. The molecule has 3 nitrogen and oxygen atoms in total. The molecule has 91 valence electrons. The van der Waals surface area contributed by atoms with Gasteiger partial charge >= 0.3 is 0 Å². The van der Waals surface area contributed by atoms with E-state index < -0.39 is 0 Å². The second-order valence-electron chi connectivity index (χ2n) is 4.63. The predicted octanol–water partition coefficient (Wildman–Crippen LogP) is 1.44. The second-order valence-corrected chi connectivity index (χ2v) is 4.63. The summed E-state index contributed by atoms with van der Waals surface area (Å²) in [5, 5.41) is 3.28. The van der Waals surface area contributed by atoms with Gasteiger partial charge in [0.05, 0.1) is 0 Å². The Hall–Kier alpha value is -1.35. The van der Waals surface area contributed by atoms with Gasteiger partial charge in [-0.05, 0) is 43.6 Å². The lowest BCUT2D eigenvalue weighted by Gasteiger charge is -2.27. The molecule has 1 heterocycles. The SMILES string of the molecule is CN(Cc1c[c]ccc1)C(=O)C1CCNCC1. The second kappa shape index (κ2) is 5.82. The van der Waals surface area contributed by atoms with Crippen LogP contribution in [-0.2, 0) is 11.3 Å². The standard InChI is InChI=1S/C14H19N2O/c1-16(11-12-5-3-2-4-6-12)14(17)13-7-9-15-10-8-13/h2-3,5-6,13,15H,7-11H2,1H3. The van der Waals surface area contributed by atoms with E-state index >= 15 is 0 Å². The van der Waals surface area contributed by atoms with E-state index in [1.807, 2.05) is 36.2 Å². The number of rotatable bonds is 3. The molecule has 0 aliphatic carbocycles. The van der Waals surface area contributed by atoms with Gasteiger partial charge in [-0.1, -0.05) is 18.2 Å². The Morgan fingerprint density at radius 2 is 2.29 bits per heavy atom. The maximum atomic E-state index is 12.2. The van der Waals surface area contributed by atoms with Crippen molar-refractivity contribution in [2.45, 2.75) is 19.4 Å². The molecule has 1 aliphatic rings. The van der Waals surface area contributed by atoms with Crippen LogP contribution in [0.3, 0.4) is 0 Å². The first-order chi connectivity index (χ1) is 8.27. The highest BCUT2D eigenvalue weighted by atomic mass is 16.2. The zero-order chi connectivity index (χ0) is 12.1. The molecule has 1 N–H and O–H groups in total. The van der Waals surface area contributed by atoms with Crippen LogP contribution in [0.5, 0.6) is 0 Å². The molecule has 0 aromatic heterocycles.